The van der Waals surface area contributed by atoms with Crippen molar-refractivity contribution in [3.63, 3.8) is 0 Å². The van der Waals surface area contributed by atoms with Gasteiger partial charge in [0.2, 0.25) is 0 Å². The molecule has 0 aliphatic carbocycles. The molecular formula is C11H11ClN2OS. The molecule has 0 atom stereocenters. The van der Waals surface area contributed by atoms with Gasteiger partial charge < -0.3 is 4.74 Å². The summed E-state index contributed by atoms with van der Waals surface area (Å²) in [5, 5.41) is 9.13. The average Bonchev–Trinajstić information content (AvgIpc) is 2.77. The van der Waals surface area contributed by atoms with Crippen molar-refractivity contribution in [3.8, 4) is 10.9 Å². The first-order chi connectivity index (χ1) is 7.83. The molecule has 0 N–H and O–H groups in total. The minimum Gasteiger partial charge on any atom is -0.430 e. The summed E-state index contributed by atoms with van der Waals surface area (Å²) in [5.74, 6) is 1.21. The van der Waals surface area contributed by atoms with Gasteiger partial charge in [0.05, 0.1) is 5.88 Å². The fraction of sp³-hybridized carbons (Fsp3) is 0.273. The summed E-state index contributed by atoms with van der Waals surface area (Å²) in [6, 6.07) is 7.91. The number of aromatic nitrogens is 2. The normalized spacial score (nSPS) is 10.4. The molecule has 0 aliphatic rings. The zero-order valence-electron chi connectivity index (χ0n) is 8.81. The fourth-order valence-electron chi connectivity index (χ4n) is 1.32. The van der Waals surface area contributed by atoms with Gasteiger partial charge in [-0.05, 0) is 18.1 Å². The molecule has 0 saturated heterocycles. The summed E-state index contributed by atoms with van der Waals surface area (Å²) in [7, 11) is 0. The van der Waals surface area contributed by atoms with Crippen molar-refractivity contribution in [2.24, 2.45) is 0 Å². The van der Waals surface area contributed by atoms with Gasteiger partial charge in [-0.1, -0.05) is 41.6 Å². The number of aryl methyl sites for hydroxylation is 1. The zero-order chi connectivity index (χ0) is 11.4. The van der Waals surface area contributed by atoms with Gasteiger partial charge in [0, 0.05) is 0 Å². The van der Waals surface area contributed by atoms with Gasteiger partial charge >= 0.3 is 0 Å². The Balaban J connectivity index is 2.19. The largest absolute Gasteiger partial charge is 0.430 e. The first-order valence-corrected chi connectivity index (χ1v) is 6.32. The number of benzene rings is 1. The van der Waals surface area contributed by atoms with E-state index >= 15 is 0 Å². The quantitative estimate of drug-likeness (QED) is 0.782. The third-order valence-corrected chi connectivity index (χ3v) is 3.33. The van der Waals surface area contributed by atoms with Crippen LogP contribution in [0.2, 0.25) is 0 Å². The third-order valence-electron chi connectivity index (χ3n) is 2.11. The number of halogens is 1. The molecule has 0 saturated carbocycles. The highest BCUT2D eigenvalue weighted by Gasteiger charge is 2.07. The molecule has 0 aliphatic heterocycles. The second-order valence-electron chi connectivity index (χ2n) is 3.16. The van der Waals surface area contributed by atoms with E-state index in [1.165, 1.54) is 11.3 Å². The monoisotopic (exact) mass is 254 g/mol. The van der Waals surface area contributed by atoms with Crippen LogP contribution in [-0.2, 0) is 12.3 Å². The molecule has 1 heterocycles. The van der Waals surface area contributed by atoms with E-state index < -0.39 is 0 Å². The van der Waals surface area contributed by atoms with Crippen molar-refractivity contribution in [1.82, 2.24) is 10.2 Å². The van der Waals surface area contributed by atoms with Crippen LogP contribution < -0.4 is 4.74 Å². The predicted octanol–water partition coefficient (Wildman–Crippen LogP) is 3.63. The Hall–Kier alpha value is -1.13. The molecule has 0 spiro atoms. The van der Waals surface area contributed by atoms with Crippen molar-refractivity contribution in [3.05, 3.63) is 34.8 Å². The average molecular weight is 255 g/mol. The Bertz CT molecular complexity index is 473. The topological polar surface area (TPSA) is 35.0 Å². The van der Waals surface area contributed by atoms with Crippen molar-refractivity contribution < 1.29 is 4.74 Å². The molecule has 0 unspecified atom stereocenters. The first kappa shape index (κ1) is 11.4. The van der Waals surface area contributed by atoms with E-state index in [9.17, 15) is 0 Å². The summed E-state index contributed by atoms with van der Waals surface area (Å²) in [6.45, 7) is 2.09. The number of nitrogens with zero attached hydrogens (tertiary/aromatic N) is 2. The van der Waals surface area contributed by atoms with E-state index in [-0.39, 0.29) is 0 Å². The highest BCUT2D eigenvalue weighted by atomic mass is 35.5. The van der Waals surface area contributed by atoms with Crippen LogP contribution in [0.4, 0.5) is 0 Å². The van der Waals surface area contributed by atoms with Crippen LogP contribution >= 0.6 is 22.9 Å². The molecule has 1 aromatic heterocycles. The number of para-hydroxylation sites is 1. The molecule has 3 nitrogen and oxygen atoms in total. The van der Waals surface area contributed by atoms with Crippen LogP contribution in [0.3, 0.4) is 0 Å². The highest BCUT2D eigenvalue weighted by Crippen LogP contribution is 2.28. The molecular weight excluding hydrogens is 244 g/mol. The third kappa shape index (κ3) is 2.51. The molecule has 84 valence electrons. The Kier molecular flexibility index (Phi) is 3.74. The summed E-state index contributed by atoms with van der Waals surface area (Å²) < 4.78 is 5.67. The fourth-order valence-corrected chi connectivity index (χ4v) is 2.09. The lowest BCUT2D eigenvalue weighted by atomic mass is 10.1. The number of alkyl halides is 1. The Morgan fingerprint density at radius 2 is 2.12 bits per heavy atom. The summed E-state index contributed by atoms with van der Waals surface area (Å²) in [5.41, 5.74) is 1.16. The standard InChI is InChI=1S/C11H11ClN2OS/c1-2-8-5-3-4-6-9(8)15-11-14-13-10(7-12)16-11/h3-6H,2,7H2,1H3. The Morgan fingerprint density at radius 3 is 2.81 bits per heavy atom. The Morgan fingerprint density at radius 1 is 1.31 bits per heavy atom. The molecule has 0 bridgehead atoms. The van der Waals surface area contributed by atoms with E-state index in [4.69, 9.17) is 16.3 Å². The smallest absolute Gasteiger partial charge is 0.299 e. The molecule has 2 aromatic rings. The van der Waals surface area contributed by atoms with Crippen LogP contribution in [0.15, 0.2) is 24.3 Å². The molecule has 16 heavy (non-hydrogen) atoms. The van der Waals surface area contributed by atoms with E-state index in [0.717, 1.165) is 22.7 Å². The van der Waals surface area contributed by atoms with Gasteiger partial charge in [-0.3, -0.25) is 0 Å². The SMILES string of the molecule is CCc1ccccc1Oc1nnc(CCl)s1. The second kappa shape index (κ2) is 5.27. The lowest BCUT2D eigenvalue weighted by Gasteiger charge is -2.05. The molecule has 2 rings (SSSR count). The maximum Gasteiger partial charge on any atom is 0.299 e. The predicted molar refractivity (Wildman–Crippen MR) is 65.4 cm³/mol. The molecule has 1 aromatic carbocycles. The van der Waals surface area contributed by atoms with Gasteiger partial charge in [0.25, 0.3) is 5.19 Å². The first-order valence-electron chi connectivity index (χ1n) is 4.97. The summed E-state index contributed by atoms with van der Waals surface area (Å²) in [4.78, 5) is 0. The van der Waals surface area contributed by atoms with E-state index in [1.807, 2.05) is 24.3 Å². The van der Waals surface area contributed by atoms with Gasteiger partial charge in [0.15, 0.2) is 0 Å². The summed E-state index contributed by atoms with van der Waals surface area (Å²) in [6.07, 6.45) is 0.928. The van der Waals surface area contributed by atoms with Crippen LogP contribution in [-0.4, -0.2) is 10.2 Å². The minimum absolute atomic E-state index is 0.371. The van der Waals surface area contributed by atoms with E-state index in [0.29, 0.717) is 11.1 Å². The number of rotatable bonds is 4. The van der Waals surface area contributed by atoms with E-state index in [1.54, 1.807) is 0 Å². The molecule has 0 amide bonds. The molecule has 0 radical (unpaired) electrons. The second-order valence-corrected chi connectivity index (χ2v) is 4.45. The highest BCUT2D eigenvalue weighted by molar-refractivity contribution is 7.13. The summed E-state index contributed by atoms with van der Waals surface area (Å²) >= 11 is 7.02. The van der Waals surface area contributed by atoms with Gasteiger partial charge in [-0.25, -0.2) is 0 Å². The Labute approximate surface area is 103 Å². The van der Waals surface area contributed by atoms with E-state index in [2.05, 4.69) is 17.1 Å². The molecule has 5 heteroatoms. The van der Waals surface area contributed by atoms with Crippen LogP contribution in [0, 0.1) is 0 Å². The van der Waals surface area contributed by atoms with Gasteiger partial charge in [-0.2, -0.15) is 0 Å². The van der Waals surface area contributed by atoms with Gasteiger partial charge in [-0.15, -0.1) is 16.7 Å². The van der Waals surface area contributed by atoms with Crippen LogP contribution in [0.25, 0.3) is 0 Å². The maximum atomic E-state index is 5.67. The van der Waals surface area contributed by atoms with Crippen LogP contribution in [0.5, 0.6) is 10.9 Å². The number of ether oxygens (including phenoxy) is 1. The lowest BCUT2D eigenvalue weighted by Crippen LogP contribution is -1.89. The van der Waals surface area contributed by atoms with Crippen molar-refractivity contribution in [2.75, 3.05) is 0 Å². The van der Waals surface area contributed by atoms with Crippen molar-refractivity contribution >= 4 is 22.9 Å². The maximum absolute atomic E-state index is 5.67. The zero-order valence-corrected chi connectivity index (χ0v) is 10.4. The lowest BCUT2D eigenvalue weighted by molar-refractivity contribution is 0.467. The number of hydrogen-bond acceptors (Lipinski definition) is 4. The van der Waals surface area contributed by atoms with Crippen molar-refractivity contribution in [1.29, 1.82) is 0 Å². The number of hydrogen-bond donors (Lipinski definition) is 0. The van der Waals surface area contributed by atoms with Crippen LogP contribution in [0.1, 0.15) is 17.5 Å². The minimum atomic E-state index is 0.371. The van der Waals surface area contributed by atoms with Gasteiger partial charge in [0.1, 0.15) is 10.8 Å². The molecule has 0 fully saturated rings. The van der Waals surface area contributed by atoms with Crippen molar-refractivity contribution in [2.45, 2.75) is 19.2 Å².